The summed E-state index contributed by atoms with van der Waals surface area (Å²) in [6, 6.07) is 12.8. The lowest BCUT2D eigenvalue weighted by atomic mass is 10.2. The van der Waals surface area contributed by atoms with E-state index in [4.69, 9.17) is 5.11 Å². The van der Waals surface area contributed by atoms with Gasteiger partial charge in [0, 0.05) is 11.8 Å². The minimum atomic E-state index is -3.76. The van der Waals surface area contributed by atoms with Gasteiger partial charge < -0.3 is 10.4 Å². The van der Waals surface area contributed by atoms with Gasteiger partial charge in [0.15, 0.2) is 0 Å². The normalized spacial score (nSPS) is 14.2. The van der Waals surface area contributed by atoms with Gasteiger partial charge >= 0.3 is 0 Å². The summed E-state index contributed by atoms with van der Waals surface area (Å²) >= 11 is 0. The van der Waals surface area contributed by atoms with E-state index in [1.807, 2.05) is 6.07 Å². The van der Waals surface area contributed by atoms with Crippen molar-refractivity contribution in [3.63, 3.8) is 0 Å². The van der Waals surface area contributed by atoms with E-state index in [9.17, 15) is 18.0 Å². The van der Waals surface area contributed by atoms with Crippen molar-refractivity contribution in [1.29, 1.82) is 0 Å². The van der Waals surface area contributed by atoms with Crippen molar-refractivity contribution in [3.05, 3.63) is 65.9 Å². The van der Waals surface area contributed by atoms with E-state index in [0.717, 1.165) is 16.5 Å². The minimum Gasteiger partial charge on any atom is -0.395 e. The third-order valence-electron chi connectivity index (χ3n) is 4.17. The van der Waals surface area contributed by atoms with Crippen LogP contribution in [0.15, 0.2) is 65.2 Å². The number of aryl methyl sites for hydroxylation is 1. The Hall–Kier alpha value is -3.17. The molecule has 146 valence electrons. The SMILES string of the molecule is Cc1ccccc1NS(=O)(=O)c1ccc(NC2=CC(=O)N(CCO)C2=O)cc1. The number of nitrogens with one attached hydrogen (secondary N) is 2. The quantitative estimate of drug-likeness (QED) is 0.605. The third kappa shape index (κ3) is 4.05. The topological polar surface area (TPSA) is 116 Å². The number of imide groups is 1. The fourth-order valence-corrected chi connectivity index (χ4v) is 3.80. The van der Waals surface area contributed by atoms with Crippen LogP contribution in [0.1, 0.15) is 5.56 Å². The van der Waals surface area contributed by atoms with Gasteiger partial charge in [-0.05, 0) is 42.8 Å². The maximum atomic E-state index is 12.5. The second-order valence-corrected chi connectivity index (χ2v) is 7.83. The van der Waals surface area contributed by atoms with Crippen LogP contribution in [0.25, 0.3) is 0 Å². The standard InChI is InChI=1S/C19H19N3O5S/c1-13-4-2-3-5-16(13)21-28(26,27)15-8-6-14(7-9-15)20-17-12-18(24)22(10-11-23)19(17)25/h2-9,12,20-21,23H,10-11H2,1H3. The van der Waals surface area contributed by atoms with E-state index in [0.29, 0.717) is 11.4 Å². The van der Waals surface area contributed by atoms with E-state index >= 15 is 0 Å². The smallest absolute Gasteiger partial charge is 0.277 e. The Bertz CT molecular complexity index is 1050. The summed E-state index contributed by atoms with van der Waals surface area (Å²) in [4.78, 5) is 24.9. The molecule has 0 fully saturated rings. The molecule has 3 N–H and O–H groups in total. The minimum absolute atomic E-state index is 0.0611. The molecule has 3 rings (SSSR count). The number of amides is 2. The number of β-amino-alcohol motifs (C(OH)–C–C–N with tert-alkyl or cyclic N) is 1. The van der Waals surface area contributed by atoms with Gasteiger partial charge in [-0.2, -0.15) is 0 Å². The molecule has 28 heavy (non-hydrogen) atoms. The zero-order chi connectivity index (χ0) is 20.3. The molecule has 0 radical (unpaired) electrons. The first-order chi connectivity index (χ1) is 13.3. The number of carbonyl (C=O) groups is 2. The number of aliphatic hydroxyl groups excluding tert-OH is 1. The summed E-state index contributed by atoms with van der Waals surface area (Å²) in [5.74, 6) is -1.06. The van der Waals surface area contributed by atoms with Gasteiger partial charge in [0.05, 0.1) is 23.7 Å². The number of hydrogen-bond acceptors (Lipinski definition) is 6. The van der Waals surface area contributed by atoms with Gasteiger partial charge in [-0.25, -0.2) is 8.42 Å². The molecule has 9 heteroatoms. The Kier molecular flexibility index (Phi) is 5.48. The summed E-state index contributed by atoms with van der Waals surface area (Å²) in [6.45, 7) is 1.40. The lowest BCUT2D eigenvalue weighted by Crippen LogP contribution is -2.34. The molecule has 1 aliphatic heterocycles. The average Bonchev–Trinajstić information content (AvgIpc) is 2.92. The molecule has 2 amide bonds. The molecule has 0 saturated carbocycles. The number of carbonyl (C=O) groups excluding carboxylic acids is 2. The zero-order valence-corrected chi connectivity index (χ0v) is 15.9. The third-order valence-corrected chi connectivity index (χ3v) is 5.55. The highest BCUT2D eigenvalue weighted by Gasteiger charge is 2.30. The molecule has 0 saturated heterocycles. The van der Waals surface area contributed by atoms with Gasteiger partial charge in [0.25, 0.3) is 21.8 Å². The van der Waals surface area contributed by atoms with Gasteiger partial charge in [-0.15, -0.1) is 0 Å². The maximum Gasteiger partial charge on any atom is 0.277 e. The van der Waals surface area contributed by atoms with E-state index in [-0.39, 0.29) is 23.7 Å². The van der Waals surface area contributed by atoms with Gasteiger partial charge in [-0.3, -0.25) is 19.2 Å². The Morgan fingerprint density at radius 3 is 2.36 bits per heavy atom. The highest BCUT2D eigenvalue weighted by Crippen LogP contribution is 2.22. The number of hydrogen-bond donors (Lipinski definition) is 3. The Morgan fingerprint density at radius 2 is 1.71 bits per heavy atom. The predicted molar refractivity (Wildman–Crippen MR) is 104 cm³/mol. The molecule has 0 bridgehead atoms. The van der Waals surface area contributed by atoms with Crippen LogP contribution in [0.3, 0.4) is 0 Å². The van der Waals surface area contributed by atoms with Crippen LogP contribution >= 0.6 is 0 Å². The van der Waals surface area contributed by atoms with Gasteiger partial charge in [-0.1, -0.05) is 18.2 Å². The lowest BCUT2D eigenvalue weighted by Gasteiger charge is -2.14. The van der Waals surface area contributed by atoms with E-state index in [1.54, 1.807) is 25.1 Å². The number of benzene rings is 2. The summed E-state index contributed by atoms with van der Waals surface area (Å²) < 4.78 is 27.6. The van der Waals surface area contributed by atoms with Crippen molar-refractivity contribution in [2.75, 3.05) is 23.2 Å². The van der Waals surface area contributed by atoms with Crippen molar-refractivity contribution in [3.8, 4) is 0 Å². The van der Waals surface area contributed by atoms with Crippen LogP contribution in [0, 0.1) is 6.92 Å². The molecule has 2 aromatic rings. The monoisotopic (exact) mass is 401 g/mol. The number of sulfonamides is 1. The van der Waals surface area contributed by atoms with Crippen LogP contribution in [-0.2, 0) is 19.6 Å². The van der Waals surface area contributed by atoms with Crippen molar-refractivity contribution in [1.82, 2.24) is 4.90 Å². The largest absolute Gasteiger partial charge is 0.395 e. The molecule has 0 aliphatic carbocycles. The molecule has 0 spiro atoms. The molecular formula is C19H19N3O5S. The van der Waals surface area contributed by atoms with E-state index in [2.05, 4.69) is 10.0 Å². The summed E-state index contributed by atoms with van der Waals surface area (Å²) in [7, 11) is -3.76. The molecule has 1 aliphatic rings. The molecule has 8 nitrogen and oxygen atoms in total. The predicted octanol–water partition coefficient (Wildman–Crippen LogP) is 1.45. The Morgan fingerprint density at radius 1 is 1.04 bits per heavy atom. The maximum absolute atomic E-state index is 12.5. The summed E-state index contributed by atoms with van der Waals surface area (Å²) in [5.41, 5.74) is 1.81. The van der Waals surface area contributed by atoms with Crippen LogP contribution in [0.4, 0.5) is 11.4 Å². The van der Waals surface area contributed by atoms with Crippen LogP contribution in [-0.4, -0.2) is 43.4 Å². The van der Waals surface area contributed by atoms with Crippen LogP contribution < -0.4 is 10.0 Å². The van der Waals surface area contributed by atoms with Crippen LogP contribution in [0.2, 0.25) is 0 Å². The van der Waals surface area contributed by atoms with E-state index in [1.165, 1.54) is 24.3 Å². The second kappa shape index (κ2) is 7.83. The molecule has 0 atom stereocenters. The second-order valence-electron chi connectivity index (χ2n) is 6.15. The molecule has 2 aromatic carbocycles. The average molecular weight is 401 g/mol. The Labute approximate surface area is 162 Å². The molecule has 1 heterocycles. The fraction of sp³-hybridized carbons (Fsp3) is 0.158. The summed E-state index contributed by atoms with van der Waals surface area (Å²) in [6.07, 6.45) is 1.14. The number of aliphatic hydroxyl groups is 1. The van der Waals surface area contributed by atoms with Crippen molar-refractivity contribution >= 4 is 33.2 Å². The number of para-hydroxylation sites is 1. The fourth-order valence-electron chi connectivity index (χ4n) is 2.67. The summed E-state index contributed by atoms with van der Waals surface area (Å²) in [5, 5.41) is 11.7. The highest BCUT2D eigenvalue weighted by atomic mass is 32.2. The number of anilines is 2. The van der Waals surface area contributed by atoms with Gasteiger partial charge in [0.2, 0.25) is 0 Å². The Balaban J connectivity index is 1.73. The van der Waals surface area contributed by atoms with Crippen molar-refractivity contribution in [2.24, 2.45) is 0 Å². The highest BCUT2D eigenvalue weighted by molar-refractivity contribution is 7.92. The number of nitrogens with zero attached hydrogens (tertiary/aromatic N) is 1. The first kappa shape index (κ1) is 19.6. The van der Waals surface area contributed by atoms with Crippen molar-refractivity contribution < 1.29 is 23.1 Å². The zero-order valence-electron chi connectivity index (χ0n) is 15.0. The molecular weight excluding hydrogens is 382 g/mol. The van der Waals surface area contributed by atoms with E-state index < -0.39 is 21.8 Å². The lowest BCUT2D eigenvalue weighted by molar-refractivity contribution is -0.137. The van der Waals surface area contributed by atoms with Gasteiger partial charge in [0.1, 0.15) is 5.70 Å². The molecule has 0 unspecified atom stereocenters. The van der Waals surface area contributed by atoms with Crippen molar-refractivity contribution in [2.45, 2.75) is 11.8 Å². The first-order valence-corrected chi connectivity index (χ1v) is 9.94. The number of rotatable bonds is 7. The molecule has 0 aromatic heterocycles. The first-order valence-electron chi connectivity index (χ1n) is 8.46. The van der Waals surface area contributed by atoms with Crippen LogP contribution in [0.5, 0.6) is 0 Å².